The van der Waals surface area contributed by atoms with Gasteiger partial charge in [-0.1, -0.05) is 65.2 Å². The highest BCUT2D eigenvalue weighted by Gasteiger charge is 1.95. The van der Waals surface area contributed by atoms with Gasteiger partial charge in [0.05, 0.1) is 0 Å². The Morgan fingerprint density at radius 2 is 1.16 bits per heavy atom. The van der Waals surface area contributed by atoms with Gasteiger partial charge in [0.15, 0.2) is 0 Å². The molecule has 0 amide bonds. The third kappa shape index (κ3) is 17.9. The van der Waals surface area contributed by atoms with Crippen LogP contribution in [0, 0.1) is 5.92 Å². The third-order valence-corrected chi connectivity index (χ3v) is 3.65. The van der Waals surface area contributed by atoms with E-state index in [9.17, 15) is 0 Å². The molecular formula is C17H37NO. The van der Waals surface area contributed by atoms with E-state index in [1.54, 1.807) is 0 Å². The van der Waals surface area contributed by atoms with Gasteiger partial charge in [0.1, 0.15) is 0 Å². The average Bonchev–Trinajstić information content (AvgIpc) is 2.39. The first kappa shape index (κ1) is 18.9. The SMILES string of the molecule is CC(C)CCCCCCCCCCNCCCCO. The number of aliphatic hydroxyl groups excluding tert-OH is 1. The van der Waals surface area contributed by atoms with E-state index in [1.807, 2.05) is 0 Å². The third-order valence-electron chi connectivity index (χ3n) is 3.65. The van der Waals surface area contributed by atoms with Crippen molar-refractivity contribution in [2.45, 2.75) is 84.5 Å². The monoisotopic (exact) mass is 271 g/mol. The summed E-state index contributed by atoms with van der Waals surface area (Å²) in [6, 6.07) is 0. The van der Waals surface area contributed by atoms with Crippen LogP contribution in [-0.4, -0.2) is 24.8 Å². The maximum atomic E-state index is 8.64. The minimum absolute atomic E-state index is 0.332. The van der Waals surface area contributed by atoms with Crippen molar-refractivity contribution in [2.75, 3.05) is 19.7 Å². The zero-order chi connectivity index (χ0) is 14.2. The van der Waals surface area contributed by atoms with Crippen molar-refractivity contribution in [3.8, 4) is 0 Å². The molecule has 0 atom stereocenters. The van der Waals surface area contributed by atoms with Crippen LogP contribution in [-0.2, 0) is 0 Å². The van der Waals surface area contributed by atoms with E-state index < -0.39 is 0 Å². The number of rotatable bonds is 15. The summed E-state index contributed by atoms with van der Waals surface area (Å²) in [7, 11) is 0. The van der Waals surface area contributed by atoms with E-state index in [2.05, 4.69) is 19.2 Å². The Kier molecular flexibility index (Phi) is 15.9. The Hall–Kier alpha value is -0.0800. The molecule has 0 aromatic heterocycles. The highest BCUT2D eigenvalue weighted by molar-refractivity contribution is 4.52. The number of hydrogen-bond donors (Lipinski definition) is 2. The van der Waals surface area contributed by atoms with Crippen molar-refractivity contribution in [2.24, 2.45) is 5.92 Å². The molecular weight excluding hydrogens is 234 g/mol. The minimum Gasteiger partial charge on any atom is -0.396 e. The van der Waals surface area contributed by atoms with E-state index in [4.69, 9.17) is 5.11 Å². The van der Waals surface area contributed by atoms with Crippen molar-refractivity contribution in [3.63, 3.8) is 0 Å². The molecule has 2 N–H and O–H groups in total. The zero-order valence-electron chi connectivity index (χ0n) is 13.4. The largest absolute Gasteiger partial charge is 0.396 e. The average molecular weight is 271 g/mol. The van der Waals surface area contributed by atoms with Gasteiger partial charge in [-0.15, -0.1) is 0 Å². The van der Waals surface area contributed by atoms with Gasteiger partial charge in [-0.05, 0) is 38.3 Å². The minimum atomic E-state index is 0.332. The standard InChI is InChI=1S/C17H37NO/c1-17(2)13-9-7-5-3-4-6-8-10-14-18-15-11-12-16-19/h17-19H,3-16H2,1-2H3. The normalized spacial score (nSPS) is 11.4. The molecule has 0 aliphatic carbocycles. The second kappa shape index (κ2) is 16.0. The molecule has 0 rings (SSSR count). The molecule has 2 nitrogen and oxygen atoms in total. The highest BCUT2D eigenvalue weighted by atomic mass is 16.2. The van der Waals surface area contributed by atoms with Crippen LogP contribution in [0.1, 0.15) is 84.5 Å². The van der Waals surface area contributed by atoms with Crippen LogP contribution < -0.4 is 5.32 Å². The summed E-state index contributed by atoms with van der Waals surface area (Å²) < 4.78 is 0. The summed E-state index contributed by atoms with van der Waals surface area (Å²) in [6.45, 7) is 7.19. The number of unbranched alkanes of at least 4 members (excludes halogenated alkanes) is 8. The molecule has 0 spiro atoms. The summed E-state index contributed by atoms with van der Waals surface area (Å²) in [5.41, 5.74) is 0. The molecule has 0 fully saturated rings. The molecule has 0 aromatic carbocycles. The molecule has 0 saturated heterocycles. The Balaban J connectivity index is 2.91. The molecule has 116 valence electrons. The van der Waals surface area contributed by atoms with Gasteiger partial charge in [-0.2, -0.15) is 0 Å². The summed E-state index contributed by atoms with van der Waals surface area (Å²) in [5, 5.41) is 12.1. The molecule has 0 heterocycles. The highest BCUT2D eigenvalue weighted by Crippen LogP contribution is 2.12. The molecule has 2 heteroatoms. The Morgan fingerprint density at radius 1 is 0.684 bits per heavy atom. The molecule has 0 aliphatic heterocycles. The van der Waals surface area contributed by atoms with E-state index in [-0.39, 0.29) is 0 Å². The van der Waals surface area contributed by atoms with Crippen molar-refractivity contribution in [1.29, 1.82) is 0 Å². The second-order valence-electron chi connectivity index (χ2n) is 6.19. The van der Waals surface area contributed by atoms with Gasteiger partial charge >= 0.3 is 0 Å². The van der Waals surface area contributed by atoms with Crippen molar-refractivity contribution < 1.29 is 5.11 Å². The first-order valence-corrected chi connectivity index (χ1v) is 8.59. The van der Waals surface area contributed by atoms with Crippen LogP contribution in [0.2, 0.25) is 0 Å². The Morgan fingerprint density at radius 3 is 1.68 bits per heavy atom. The fourth-order valence-corrected chi connectivity index (χ4v) is 2.35. The van der Waals surface area contributed by atoms with Crippen LogP contribution in [0.15, 0.2) is 0 Å². The smallest absolute Gasteiger partial charge is 0.0431 e. The predicted molar refractivity (Wildman–Crippen MR) is 85.6 cm³/mol. The van der Waals surface area contributed by atoms with E-state index in [0.29, 0.717) is 6.61 Å². The van der Waals surface area contributed by atoms with E-state index in [0.717, 1.165) is 31.8 Å². The Bertz CT molecular complexity index is 159. The van der Waals surface area contributed by atoms with Crippen LogP contribution in [0.3, 0.4) is 0 Å². The summed E-state index contributed by atoms with van der Waals surface area (Å²) in [5.74, 6) is 0.880. The van der Waals surface area contributed by atoms with Crippen LogP contribution in [0.5, 0.6) is 0 Å². The quantitative estimate of drug-likeness (QED) is 0.429. The van der Waals surface area contributed by atoms with Gasteiger partial charge in [0.2, 0.25) is 0 Å². The van der Waals surface area contributed by atoms with Crippen molar-refractivity contribution >= 4 is 0 Å². The lowest BCUT2D eigenvalue weighted by Gasteiger charge is -2.05. The topological polar surface area (TPSA) is 32.3 Å². The molecule has 0 aromatic rings. The Labute approximate surface area is 121 Å². The van der Waals surface area contributed by atoms with Crippen LogP contribution >= 0.6 is 0 Å². The van der Waals surface area contributed by atoms with Gasteiger partial charge in [-0.3, -0.25) is 0 Å². The van der Waals surface area contributed by atoms with Crippen LogP contribution in [0.25, 0.3) is 0 Å². The van der Waals surface area contributed by atoms with Gasteiger partial charge in [0, 0.05) is 6.61 Å². The van der Waals surface area contributed by atoms with Crippen molar-refractivity contribution in [1.82, 2.24) is 5.32 Å². The molecule has 19 heavy (non-hydrogen) atoms. The van der Waals surface area contributed by atoms with Crippen LogP contribution in [0.4, 0.5) is 0 Å². The summed E-state index contributed by atoms with van der Waals surface area (Å²) in [4.78, 5) is 0. The summed E-state index contributed by atoms with van der Waals surface area (Å²) in [6.07, 6.45) is 14.7. The van der Waals surface area contributed by atoms with Gasteiger partial charge < -0.3 is 10.4 Å². The summed E-state index contributed by atoms with van der Waals surface area (Å²) >= 11 is 0. The molecule has 0 radical (unpaired) electrons. The fourth-order valence-electron chi connectivity index (χ4n) is 2.35. The fraction of sp³-hybridized carbons (Fsp3) is 1.00. The number of aliphatic hydroxyl groups is 1. The van der Waals surface area contributed by atoms with E-state index in [1.165, 1.54) is 57.8 Å². The van der Waals surface area contributed by atoms with E-state index >= 15 is 0 Å². The zero-order valence-corrected chi connectivity index (χ0v) is 13.4. The predicted octanol–water partition coefficient (Wildman–Crippen LogP) is 4.52. The van der Waals surface area contributed by atoms with Crippen molar-refractivity contribution in [3.05, 3.63) is 0 Å². The first-order chi connectivity index (χ1) is 9.27. The lowest BCUT2D eigenvalue weighted by atomic mass is 10.0. The molecule has 0 saturated carbocycles. The van der Waals surface area contributed by atoms with Gasteiger partial charge in [-0.25, -0.2) is 0 Å². The molecule has 0 bridgehead atoms. The number of nitrogens with one attached hydrogen (secondary N) is 1. The molecule has 0 aliphatic rings. The lowest BCUT2D eigenvalue weighted by molar-refractivity contribution is 0.283. The molecule has 0 unspecified atom stereocenters. The maximum Gasteiger partial charge on any atom is 0.0431 e. The van der Waals surface area contributed by atoms with Gasteiger partial charge in [0.25, 0.3) is 0 Å². The second-order valence-corrected chi connectivity index (χ2v) is 6.19. The maximum absolute atomic E-state index is 8.64. The number of hydrogen-bond acceptors (Lipinski definition) is 2. The lowest BCUT2D eigenvalue weighted by Crippen LogP contribution is -2.16. The first-order valence-electron chi connectivity index (χ1n) is 8.59.